The van der Waals surface area contributed by atoms with Crippen molar-refractivity contribution >= 4 is 21.4 Å². The highest BCUT2D eigenvalue weighted by Crippen LogP contribution is 2.20. The van der Waals surface area contributed by atoms with Gasteiger partial charge >= 0.3 is 0 Å². The van der Waals surface area contributed by atoms with E-state index < -0.39 is 9.84 Å². The van der Waals surface area contributed by atoms with Crippen LogP contribution in [-0.4, -0.2) is 30.4 Å². The van der Waals surface area contributed by atoms with Crippen molar-refractivity contribution in [3.8, 4) is 5.69 Å². The molecule has 0 aliphatic rings. The minimum atomic E-state index is -3.25. The van der Waals surface area contributed by atoms with Crippen LogP contribution in [0.4, 0.5) is 5.69 Å². The maximum atomic E-state index is 12.3. The summed E-state index contributed by atoms with van der Waals surface area (Å²) in [6, 6.07) is 16.1. The largest absolute Gasteiger partial charge is 0.326 e. The van der Waals surface area contributed by atoms with Gasteiger partial charge in [0.05, 0.1) is 16.3 Å². The van der Waals surface area contributed by atoms with Crippen LogP contribution in [0.1, 0.15) is 23.4 Å². The van der Waals surface area contributed by atoms with Gasteiger partial charge in [-0.2, -0.15) is 5.10 Å². The molecule has 6 nitrogen and oxygen atoms in total. The highest BCUT2D eigenvalue weighted by Gasteiger charge is 2.14. The zero-order chi connectivity index (χ0) is 20.3. The van der Waals surface area contributed by atoms with E-state index in [1.54, 1.807) is 12.1 Å². The van der Waals surface area contributed by atoms with Crippen LogP contribution in [0.15, 0.2) is 59.5 Å². The van der Waals surface area contributed by atoms with Crippen molar-refractivity contribution in [1.82, 2.24) is 9.78 Å². The van der Waals surface area contributed by atoms with Gasteiger partial charge in [-0.05, 0) is 62.2 Å². The molecule has 1 N–H and O–H groups in total. The number of hydrogen-bond acceptors (Lipinski definition) is 4. The van der Waals surface area contributed by atoms with Crippen molar-refractivity contribution < 1.29 is 13.2 Å². The minimum Gasteiger partial charge on any atom is -0.326 e. The predicted octanol–water partition coefficient (Wildman–Crippen LogP) is 3.46. The summed E-state index contributed by atoms with van der Waals surface area (Å²) in [6.45, 7) is 3.95. The first-order chi connectivity index (χ1) is 13.3. The van der Waals surface area contributed by atoms with Gasteiger partial charge in [0.2, 0.25) is 5.91 Å². The van der Waals surface area contributed by atoms with Gasteiger partial charge in [-0.25, -0.2) is 13.1 Å². The van der Waals surface area contributed by atoms with Crippen molar-refractivity contribution in [2.24, 2.45) is 0 Å². The molecule has 7 heteroatoms. The molecule has 0 aliphatic carbocycles. The second kappa shape index (κ2) is 7.98. The number of rotatable bonds is 6. The summed E-state index contributed by atoms with van der Waals surface area (Å²) in [6.07, 6.45) is 2.05. The van der Waals surface area contributed by atoms with Crippen molar-refractivity contribution in [1.29, 1.82) is 0 Å². The lowest BCUT2D eigenvalue weighted by Crippen LogP contribution is -2.13. The molecule has 2 aromatic carbocycles. The maximum Gasteiger partial charge on any atom is 0.224 e. The molecule has 146 valence electrons. The second-order valence-corrected chi connectivity index (χ2v) is 8.76. The lowest BCUT2D eigenvalue weighted by molar-refractivity contribution is -0.116. The molecule has 0 fully saturated rings. The molecule has 1 aromatic heterocycles. The molecule has 1 amide bonds. The standard InChI is InChI=1S/C21H23N3O3S/c1-15-20(16(2)24(23-15)18-7-5-4-6-8-18)13-14-21(25)22-17-9-11-19(12-10-17)28(3,26)27/h4-12H,13-14H2,1-3H3,(H,22,25). The van der Waals surface area contributed by atoms with Crippen molar-refractivity contribution in [3.05, 3.63) is 71.5 Å². The highest BCUT2D eigenvalue weighted by molar-refractivity contribution is 7.90. The van der Waals surface area contributed by atoms with E-state index in [9.17, 15) is 13.2 Å². The number of aromatic nitrogens is 2. The lowest BCUT2D eigenvalue weighted by atomic mass is 10.1. The van der Waals surface area contributed by atoms with Gasteiger partial charge in [0, 0.05) is 24.1 Å². The molecule has 0 saturated carbocycles. The van der Waals surface area contributed by atoms with Crippen LogP contribution in [0.3, 0.4) is 0 Å². The van der Waals surface area contributed by atoms with E-state index in [-0.39, 0.29) is 10.8 Å². The van der Waals surface area contributed by atoms with E-state index in [0.717, 1.165) is 28.9 Å². The number of benzene rings is 2. The van der Waals surface area contributed by atoms with Gasteiger partial charge in [-0.15, -0.1) is 0 Å². The first kappa shape index (κ1) is 19.8. The van der Waals surface area contributed by atoms with Crippen molar-refractivity contribution in [2.45, 2.75) is 31.6 Å². The SMILES string of the molecule is Cc1nn(-c2ccccc2)c(C)c1CCC(=O)Nc1ccc(S(C)(=O)=O)cc1. The Balaban J connectivity index is 1.66. The number of para-hydroxylation sites is 1. The number of aryl methyl sites for hydroxylation is 1. The zero-order valence-corrected chi connectivity index (χ0v) is 17.0. The van der Waals surface area contributed by atoms with Crippen LogP contribution in [0.2, 0.25) is 0 Å². The van der Waals surface area contributed by atoms with Crippen LogP contribution < -0.4 is 5.32 Å². The number of carbonyl (C=O) groups excluding carboxylic acids is 1. The Morgan fingerprint density at radius 3 is 2.29 bits per heavy atom. The van der Waals surface area contributed by atoms with Gasteiger partial charge in [0.25, 0.3) is 0 Å². The third-order valence-corrected chi connectivity index (χ3v) is 5.74. The quantitative estimate of drug-likeness (QED) is 0.691. The Morgan fingerprint density at radius 1 is 1.04 bits per heavy atom. The zero-order valence-electron chi connectivity index (χ0n) is 16.1. The Hall–Kier alpha value is -2.93. The average molecular weight is 398 g/mol. The summed E-state index contributed by atoms with van der Waals surface area (Å²) >= 11 is 0. The number of carbonyl (C=O) groups is 1. The lowest BCUT2D eigenvalue weighted by Gasteiger charge is -2.07. The third kappa shape index (κ3) is 4.48. The van der Waals surface area contributed by atoms with Gasteiger partial charge in [0.15, 0.2) is 9.84 Å². The molecular weight excluding hydrogens is 374 g/mol. The Bertz CT molecular complexity index is 1090. The molecule has 0 radical (unpaired) electrons. The van der Waals surface area contributed by atoms with E-state index in [2.05, 4.69) is 10.4 Å². The molecule has 1 heterocycles. The molecule has 0 atom stereocenters. The Morgan fingerprint density at radius 2 is 1.68 bits per heavy atom. The molecule has 0 unspecified atom stereocenters. The van der Waals surface area contributed by atoms with E-state index in [4.69, 9.17) is 0 Å². The van der Waals surface area contributed by atoms with Crippen LogP contribution in [0, 0.1) is 13.8 Å². The number of sulfone groups is 1. The van der Waals surface area contributed by atoms with E-state index in [1.165, 1.54) is 12.1 Å². The fourth-order valence-corrected chi connectivity index (χ4v) is 3.74. The van der Waals surface area contributed by atoms with Gasteiger partial charge in [0.1, 0.15) is 0 Å². The Kier molecular flexibility index (Phi) is 5.65. The van der Waals surface area contributed by atoms with Crippen molar-refractivity contribution in [2.75, 3.05) is 11.6 Å². The van der Waals surface area contributed by atoms with Gasteiger partial charge < -0.3 is 5.32 Å². The summed E-state index contributed by atoms with van der Waals surface area (Å²) in [4.78, 5) is 12.5. The first-order valence-corrected chi connectivity index (χ1v) is 10.9. The molecule has 0 aliphatic heterocycles. The number of hydrogen-bond donors (Lipinski definition) is 1. The fraction of sp³-hybridized carbons (Fsp3) is 0.238. The van der Waals surface area contributed by atoms with Crippen molar-refractivity contribution in [3.63, 3.8) is 0 Å². The third-order valence-electron chi connectivity index (χ3n) is 4.61. The number of nitrogens with zero attached hydrogens (tertiary/aromatic N) is 2. The minimum absolute atomic E-state index is 0.127. The predicted molar refractivity (Wildman–Crippen MR) is 110 cm³/mol. The van der Waals surface area contributed by atoms with Crippen LogP contribution in [0.25, 0.3) is 5.69 Å². The summed E-state index contributed by atoms with van der Waals surface area (Å²) in [5.41, 5.74) is 4.56. The molecular formula is C21H23N3O3S. The smallest absolute Gasteiger partial charge is 0.224 e. The van der Waals surface area contributed by atoms with Gasteiger partial charge in [-0.3, -0.25) is 4.79 Å². The topological polar surface area (TPSA) is 81.1 Å². The fourth-order valence-electron chi connectivity index (χ4n) is 3.10. The number of anilines is 1. The normalized spacial score (nSPS) is 11.4. The highest BCUT2D eigenvalue weighted by atomic mass is 32.2. The summed E-state index contributed by atoms with van der Waals surface area (Å²) in [5, 5.41) is 7.41. The summed E-state index contributed by atoms with van der Waals surface area (Å²) in [7, 11) is -3.25. The summed E-state index contributed by atoms with van der Waals surface area (Å²) in [5.74, 6) is -0.127. The monoisotopic (exact) mass is 397 g/mol. The first-order valence-electron chi connectivity index (χ1n) is 8.96. The van der Waals surface area contributed by atoms with E-state index in [0.29, 0.717) is 18.5 Å². The molecule has 3 aromatic rings. The molecule has 3 rings (SSSR count). The van der Waals surface area contributed by atoms with Crippen LogP contribution >= 0.6 is 0 Å². The molecule has 0 saturated heterocycles. The van der Waals surface area contributed by atoms with E-state index in [1.807, 2.05) is 48.9 Å². The number of amides is 1. The van der Waals surface area contributed by atoms with Crippen LogP contribution in [0.5, 0.6) is 0 Å². The van der Waals surface area contributed by atoms with Crippen LogP contribution in [-0.2, 0) is 21.1 Å². The molecule has 0 bridgehead atoms. The second-order valence-electron chi connectivity index (χ2n) is 6.74. The molecule has 28 heavy (non-hydrogen) atoms. The summed E-state index contributed by atoms with van der Waals surface area (Å²) < 4.78 is 24.9. The number of nitrogens with one attached hydrogen (secondary N) is 1. The maximum absolute atomic E-state index is 12.3. The molecule has 0 spiro atoms. The van der Waals surface area contributed by atoms with E-state index >= 15 is 0 Å². The Labute approximate surface area is 165 Å². The average Bonchev–Trinajstić information content (AvgIpc) is 2.94. The van der Waals surface area contributed by atoms with Gasteiger partial charge in [-0.1, -0.05) is 18.2 Å².